The Labute approximate surface area is 120 Å². The van der Waals surface area contributed by atoms with Crippen LogP contribution in [0.4, 0.5) is 11.4 Å². The van der Waals surface area contributed by atoms with Crippen molar-refractivity contribution in [1.82, 2.24) is 0 Å². The van der Waals surface area contributed by atoms with Crippen LogP contribution >= 0.6 is 0 Å². The highest BCUT2D eigenvalue weighted by Crippen LogP contribution is 2.40. The van der Waals surface area contributed by atoms with E-state index in [1.807, 2.05) is 25.1 Å². The summed E-state index contributed by atoms with van der Waals surface area (Å²) < 4.78 is 5.68. The maximum absolute atomic E-state index is 5.68. The molecule has 2 aromatic carbocycles. The fraction of sp³-hybridized carbons (Fsp3) is 0.294. The van der Waals surface area contributed by atoms with Gasteiger partial charge in [-0.3, -0.25) is 0 Å². The number of hydrogen-bond acceptors (Lipinski definition) is 3. The Kier molecular flexibility index (Phi) is 3.26. The summed E-state index contributed by atoms with van der Waals surface area (Å²) in [5.74, 6) is 0.910. The zero-order valence-corrected chi connectivity index (χ0v) is 11.9. The molecule has 1 heterocycles. The van der Waals surface area contributed by atoms with Gasteiger partial charge in [0.15, 0.2) is 0 Å². The Bertz CT molecular complexity index is 597. The number of ether oxygens (including phenoxy) is 1. The first-order valence-corrected chi connectivity index (χ1v) is 7.06. The van der Waals surface area contributed by atoms with Gasteiger partial charge in [-0.2, -0.15) is 0 Å². The predicted molar refractivity (Wildman–Crippen MR) is 83.5 cm³/mol. The molecule has 0 spiro atoms. The van der Waals surface area contributed by atoms with Gasteiger partial charge in [0, 0.05) is 6.54 Å². The summed E-state index contributed by atoms with van der Waals surface area (Å²) in [7, 11) is 0. The molecule has 2 N–H and O–H groups in total. The second-order valence-electron chi connectivity index (χ2n) is 5.29. The molecular formula is C17H20N2O. The fourth-order valence-electron chi connectivity index (χ4n) is 2.68. The first-order valence-electron chi connectivity index (χ1n) is 7.06. The van der Waals surface area contributed by atoms with Crippen LogP contribution in [0.1, 0.15) is 19.4 Å². The van der Waals surface area contributed by atoms with E-state index in [2.05, 4.69) is 47.9 Å². The first-order chi connectivity index (χ1) is 9.73. The Morgan fingerprint density at radius 2 is 1.90 bits per heavy atom. The molecule has 0 amide bonds. The molecule has 104 valence electrons. The lowest BCUT2D eigenvalue weighted by molar-refractivity contribution is 0.341. The maximum atomic E-state index is 5.68. The molecule has 0 aliphatic carbocycles. The summed E-state index contributed by atoms with van der Waals surface area (Å²) in [5, 5.41) is 7.16. The van der Waals surface area contributed by atoms with Crippen molar-refractivity contribution in [2.75, 3.05) is 23.8 Å². The Morgan fingerprint density at radius 3 is 2.65 bits per heavy atom. The average Bonchev–Trinajstić information content (AvgIpc) is 2.48. The SMILES string of the molecule is CCOc1cccc2c1NCC(C)(c1ccccc1)N2. The van der Waals surface area contributed by atoms with Crippen molar-refractivity contribution >= 4 is 11.4 Å². The maximum Gasteiger partial charge on any atom is 0.144 e. The van der Waals surface area contributed by atoms with Gasteiger partial charge in [-0.25, -0.2) is 0 Å². The third-order valence-corrected chi connectivity index (χ3v) is 3.77. The summed E-state index contributed by atoms with van der Waals surface area (Å²) in [5.41, 5.74) is 3.32. The van der Waals surface area contributed by atoms with Crippen LogP contribution in [-0.4, -0.2) is 13.2 Å². The van der Waals surface area contributed by atoms with Gasteiger partial charge < -0.3 is 15.4 Å². The second-order valence-corrected chi connectivity index (χ2v) is 5.29. The van der Waals surface area contributed by atoms with Crippen LogP contribution in [-0.2, 0) is 5.54 Å². The van der Waals surface area contributed by atoms with Crippen molar-refractivity contribution in [2.45, 2.75) is 19.4 Å². The number of para-hydroxylation sites is 1. The van der Waals surface area contributed by atoms with Crippen LogP contribution in [0.15, 0.2) is 48.5 Å². The number of hydrogen-bond donors (Lipinski definition) is 2. The molecule has 0 radical (unpaired) electrons. The molecule has 0 fully saturated rings. The molecule has 1 atom stereocenters. The number of fused-ring (bicyclic) bond motifs is 1. The third-order valence-electron chi connectivity index (χ3n) is 3.77. The highest BCUT2D eigenvalue weighted by atomic mass is 16.5. The van der Waals surface area contributed by atoms with E-state index in [-0.39, 0.29) is 5.54 Å². The highest BCUT2D eigenvalue weighted by molar-refractivity contribution is 5.78. The van der Waals surface area contributed by atoms with Crippen molar-refractivity contribution in [2.24, 2.45) is 0 Å². The van der Waals surface area contributed by atoms with Crippen molar-refractivity contribution in [3.05, 3.63) is 54.1 Å². The molecule has 3 heteroatoms. The first kappa shape index (κ1) is 12.9. The zero-order chi connectivity index (χ0) is 14.0. The lowest BCUT2D eigenvalue weighted by Crippen LogP contribution is -2.42. The van der Waals surface area contributed by atoms with Crippen LogP contribution in [0.25, 0.3) is 0 Å². The van der Waals surface area contributed by atoms with E-state index in [1.165, 1.54) is 5.56 Å². The van der Waals surface area contributed by atoms with E-state index in [4.69, 9.17) is 4.74 Å². The van der Waals surface area contributed by atoms with Gasteiger partial charge in [-0.05, 0) is 31.5 Å². The van der Waals surface area contributed by atoms with Gasteiger partial charge in [-0.1, -0.05) is 36.4 Å². The van der Waals surface area contributed by atoms with E-state index >= 15 is 0 Å². The summed E-state index contributed by atoms with van der Waals surface area (Å²) in [6.45, 7) is 5.72. The van der Waals surface area contributed by atoms with Gasteiger partial charge >= 0.3 is 0 Å². The topological polar surface area (TPSA) is 33.3 Å². The largest absolute Gasteiger partial charge is 0.492 e. The Balaban J connectivity index is 1.95. The molecule has 0 saturated carbocycles. The molecule has 20 heavy (non-hydrogen) atoms. The average molecular weight is 268 g/mol. The van der Waals surface area contributed by atoms with Gasteiger partial charge in [0.2, 0.25) is 0 Å². The van der Waals surface area contributed by atoms with Gasteiger partial charge in [0.25, 0.3) is 0 Å². The number of benzene rings is 2. The van der Waals surface area contributed by atoms with E-state index in [9.17, 15) is 0 Å². The van der Waals surface area contributed by atoms with Crippen LogP contribution < -0.4 is 15.4 Å². The fourth-order valence-corrected chi connectivity index (χ4v) is 2.68. The van der Waals surface area contributed by atoms with Crippen LogP contribution in [0.5, 0.6) is 5.75 Å². The van der Waals surface area contributed by atoms with E-state index in [0.717, 1.165) is 23.7 Å². The molecule has 0 saturated heterocycles. The van der Waals surface area contributed by atoms with Crippen molar-refractivity contribution < 1.29 is 4.74 Å². The lowest BCUT2D eigenvalue weighted by atomic mass is 9.89. The monoisotopic (exact) mass is 268 g/mol. The molecule has 2 aromatic rings. The summed E-state index contributed by atoms with van der Waals surface area (Å²) in [6, 6.07) is 16.6. The minimum absolute atomic E-state index is 0.112. The van der Waals surface area contributed by atoms with E-state index in [0.29, 0.717) is 6.61 Å². The summed E-state index contributed by atoms with van der Waals surface area (Å²) >= 11 is 0. The molecule has 1 aliphatic rings. The standard InChI is InChI=1S/C17H20N2O/c1-3-20-15-11-7-10-14-16(15)18-12-17(2,19-14)13-8-5-4-6-9-13/h4-11,18-19H,3,12H2,1-2H3. The molecule has 3 rings (SSSR count). The van der Waals surface area contributed by atoms with Gasteiger partial charge in [0.05, 0.1) is 17.8 Å². The zero-order valence-electron chi connectivity index (χ0n) is 11.9. The second kappa shape index (κ2) is 5.08. The van der Waals surface area contributed by atoms with Crippen molar-refractivity contribution in [3.63, 3.8) is 0 Å². The number of anilines is 2. The smallest absolute Gasteiger partial charge is 0.144 e. The third kappa shape index (κ3) is 2.20. The predicted octanol–water partition coefficient (Wildman–Crippen LogP) is 3.84. The van der Waals surface area contributed by atoms with Crippen molar-refractivity contribution in [3.8, 4) is 5.75 Å². The minimum Gasteiger partial charge on any atom is -0.492 e. The highest BCUT2D eigenvalue weighted by Gasteiger charge is 2.31. The van der Waals surface area contributed by atoms with E-state index in [1.54, 1.807) is 0 Å². The molecule has 0 aromatic heterocycles. The quantitative estimate of drug-likeness (QED) is 0.887. The van der Waals surface area contributed by atoms with Crippen LogP contribution in [0.3, 0.4) is 0 Å². The molecule has 1 unspecified atom stereocenters. The molecular weight excluding hydrogens is 248 g/mol. The Hall–Kier alpha value is -2.16. The van der Waals surface area contributed by atoms with E-state index < -0.39 is 0 Å². The van der Waals surface area contributed by atoms with Gasteiger partial charge in [-0.15, -0.1) is 0 Å². The number of nitrogens with one attached hydrogen (secondary N) is 2. The molecule has 0 bridgehead atoms. The molecule has 1 aliphatic heterocycles. The lowest BCUT2D eigenvalue weighted by Gasteiger charge is -2.38. The van der Waals surface area contributed by atoms with Crippen LogP contribution in [0.2, 0.25) is 0 Å². The summed E-state index contributed by atoms with van der Waals surface area (Å²) in [4.78, 5) is 0. The Morgan fingerprint density at radius 1 is 1.10 bits per heavy atom. The molecule has 3 nitrogen and oxygen atoms in total. The van der Waals surface area contributed by atoms with Gasteiger partial charge in [0.1, 0.15) is 11.4 Å². The summed E-state index contributed by atoms with van der Waals surface area (Å²) in [6.07, 6.45) is 0. The van der Waals surface area contributed by atoms with Crippen LogP contribution in [0, 0.1) is 0 Å². The van der Waals surface area contributed by atoms with Crippen molar-refractivity contribution in [1.29, 1.82) is 0 Å². The minimum atomic E-state index is -0.112. The normalized spacial score (nSPS) is 20.5. The number of rotatable bonds is 3.